The summed E-state index contributed by atoms with van der Waals surface area (Å²) in [5.74, 6) is -0.865. The third-order valence-electron chi connectivity index (χ3n) is 3.78. The van der Waals surface area contributed by atoms with Gasteiger partial charge in [-0.15, -0.1) is 0 Å². The fraction of sp³-hybridized carbons (Fsp3) is 0.105. The molecule has 1 aliphatic heterocycles. The molecule has 3 amide bonds. The largest absolute Gasteiger partial charge is 0.487 e. The molecule has 3 rings (SSSR count). The van der Waals surface area contributed by atoms with Crippen molar-refractivity contribution in [3.8, 4) is 5.75 Å². The van der Waals surface area contributed by atoms with Crippen LogP contribution in [0.1, 0.15) is 11.1 Å². The molecule has 0 saturated carbocycles. The summed E-state index contributed by atoms with van der Waals surface area (Å²) in [6.45, 7) is -0.192. The topological polar surface area (TPSA) is 89.7 Å². The van der Waals surface area contributed by atoms with Crippen molar-refractivity contribution in [2.75, 3.05) is 6.54 Å². The van der Waals surface area contributed by atoms with E-state index in [0.717, 1.165) is 22.2 Å². The predicted molar refractivity (Wildman–Crippen MR) is 109 cm³/mol. The molecule has 2 aromatic rings. The van der Waals surface area contributed by atoms with Crippen LogP contribution in [0.15, 0.2) is 47.4 Å². The Balaban J connectivity index is 1.73. The monoisotopic (exact) mass is 436 g/mol. The molecule has 0 aliphatic carbocycles. The highest BCUT2D eigenvalue weighted by Crippen LogP contribution is 2.34. The first-order chi connectivity index (χ1) is 13.3. The van der Waals surface area contributed by atoms with Crippen LogP contribution in [-0.4, -0.2) is 28.5 Å². The Morgan fingerprint density at radius 1 is 1.14 bits per heavy atom. The number of hydrogen-bond donors (Lipinski definition) is 1. The molecule has 0 atom stereocenters. The molecule has 0 spiro atoms. The molecule has 1 saturated heterocycles. The second-order valence-corrected chi connectivity index (χ2v) is 7.61. The number of primary amides is 1. The van der Waals surface area contributed by atoms with E-state index in [9.17, 15) is 14.4 Å². The summed E-state index contributed by atoms with van der Waals surface area (Å²) in [5.41, 5.74) is 6.49. The fourth-order valence-electron chi connectivity index (χ4n) is 2.44. The molecule has 0 aromatic heterocycles. The molecule has 9 heteroatoms. The van der Waals surface area contributed by atoms with Crippen molar-refractivity contribution in [1.82, 2.24) is 4.90 Å². The minimum Gasteiger partial charge on any atom is -0.487 e. The molecule has 1 aliphatic rings. The maximum atomic E-state index is 12.2. The first-order valence-electron chi connectivity index (χ1n) is 8.04. The third-order valence-corrected chi connectivity index (χ3v) is 5.35. The maximum absolute atomic E-state index is 12.2. The number of nitrogens with zero attached hydrogens (tertiary/aromatic N) is 1. The van der Waals surface area contributed by atoms with Crippen molar-refractivity contribution in [3.05, 3.63) is 68.5 Å². The van der Waals surface area contributed by atoms with Gasteiger partial charge in [-0.1, -0.05) is 47.5 Å². The average Bonchev–Trinajstić information content (AvgIpc) is 2.89. The number of nitrogens with two attached hydrogens (primary N) is 1. The first-order valence-corrected chi connectivity index (χ1v) is 9.62. The summed E-state index contributed by atoms with van der Waals surface area (Å²) >= 11 is 13.1. The molecule has 2 aromatic carbocycles. The molecular formula is C19H14Cl2N2O4S. The molecule has 0 radical (unpaired) electrons. The molecule has 0 bridgehead atoms. The van der Waals surface area contributed by atoms with Gasteiger partial charge in [-0.25, -0.2) is 0 Å². The lowest BCUT2D eigenvalue weighted by molar-refractivity contribution is -0.127. The highest BCUT2D eigenvalue weighted by Gasteiger charge is 2.35. The van der Waals surface area contributed by atoms with Gasteiger partial charge in [0.1, 0.15) is 18.9 Å². The Bertz CT molecular complexity index is 994. The number of hydrogen-bond acceptors (Lipinski definition) is 5. The number of carbonyl (C=O) groups is 3. The second-order valence-electron chi connectivity index (χ2n) is 5.80. The smallest absolute Gasteiger partial charge is 0.294 e. The standard InChI is InChI=1S/C19H14Cl2N2O4S/c20-13-4-2-1-3-12(13)10-27-15-6-5-11(7-14(15)21)8-16-18(25)23(9-17(22)24)19(26)28-16/h1-8H,9-10H2,(H2,22,24)/b16-8-. The zero-order valence-corrected chi connectivity index (χ0v) is 16.7. The van der Waals surface area contributed by atoms with Crippen molar-refractivity contribution in [2.24, 2.45) is 5.73 Å². The zero-order valence-electron chi connectivity index (χ0n) is 14.4. The van der Waals surface area contributed by atoms with Crippen LogP contribution in [0.3, 0.4) is 0 Å². The minimum absolute atomic E-state index is 0.187. The number of benzene rings is 2. The normalized spacial score (nSPS) is 15.4. The number of halogens is 2. The van der Waals surface area contributed by atoms with Gasteiger partial charge < -0.3 is 10.5 Å². The Morgan fingerprint density at radius 3 is 2.57 bits per heavy atom. The Kier molecular flexibility index (Phi) is 6.28. The van der Waals surface area contributed by atoms with Crippen LogP contribution < -0.4 is 10.5 Å². The van der Waals surface area contributed by atoms with Crippen LogP contribution in [0, 0.1) is 0 Å². The summed E-state index contributed by atoms with van der Waals surface area (Å²) in [7, 11) is 0. The van der Waals surface area contributed by atoms with Gasteiger partial charge in [0, 0.05) is 10.6 Å². The first kappa shape index (κ1) is 20.3. The Morgan fingerprint density at radius 2 is 1.89 bits per heavy atom. The van der Waals surface area contributed by atoms with Gasteiger partial charge in [-0.2, -0.15) is 0 Å². The van der Waals surface area contributed by atoms with E-state index in [0.29, 0.717) is 21.4 Å². The van der Waals surface area contributed by atoms with Gasteiger partial charge >= 0.3 is 0 Å². The Labute approximate surface area is 175 Å². The van der Waals surface area contributed by atoms with E-state index in [1.807, 2.05) is 18.2 Å². The summed E-state index contributed by atoms with van der Waals surface area (Å²) < 4.78 is 5.70. The number of thioether (sulfide) groups is 1. The number of carbonyl (C=O) groups excluding carboxylic acids is 3. The quantitative estimate of drug-likeness (QED) is 0.688. The third kappa shape index (κ3) is 4.67. The SMILES string of the molecule is NC(=O)CN1C(=O)S/C(=C\c2ccc(OCc3ccccc3Cl)c(Cl)c2)C1=O. The lowest BCUT2D eigenvalue weighted by Gasteiger charge is -2.10. The summed E-state index contributed by atoms with van der Waals surface area (Å²) in [6, 6.07) is 12.3. The van der Waals surface area contributed by atoms with E-state index < -0.39 is 23.6 Å². The summed E-state index contributed by atoms with van der Waals surface area (Å²) in [5, 5.41) is 0.403. The van der Waals surface area contributed by atoms with Crippen LogP contribution in [0.25, 0.3) is 6.08 Å². The minimum atomic E-state index is -0.758. The average molecular weight is 437 g/mol. The molecule has 0 unspecified atom stereocenters. The van der Waals surface area contributed by atoms with Crippen LogP contribution >= 0.6 is 35.0 Å². The van der Waals surface area contributed by atoms with Crippen LogP contribution in [0.2, 0.25) is 10.0 Å². The van der Waals surface area contributed by atoms with E-state index in [-0.39, 0.29) is 11.5 Å². The van der Waals surface area contributed by atoms with Crippen molar-refractivity contribution in [3.63, 3.8) is 0 Å². The summed E-state index contributed by atoms with van der Waals surface area (Å²) in [6.07, 6.45) is 1.52. The van der Waals surface area contributed by atoms with E-state index >= 15 is 0 Å². The molecule has 144 valence electrons. The lowest BCUT2D eigenvalue weighted by Crippen LogP contribution is -2.36. The number of ether oxygens (including phenoxy) is 1. The predicted octanol–water partition coefficient (Wildman–Crippen LogP) is 4.09. The molecule has 2 N–H and O–H groups in total. The van der Waals surface area contributed by atoms with Gasteiger partial charge in [-0.3, -0.25) is 19.3 Å². The van der Waals surface area contributed by atoms with Crippen molar-refractivity contribution >= 4 is 58.1 Å². The summed E-state index contributed by atoms with van der Waals surface area (Å²) in [4.78, 5) is 36.1. The van der Waals surface area contributed by atoms with Crippen LogP contribution in [0.5, 0.6) is 5.75 Å². The van der Waals surface area contributed by atoms with Crippen LogP contribution in [0.4, 0.5) is 4.79 Å². The number of amides is 3. The van der Waals surface area contributed by atoms with E-state index in [1.54, 1.807) is 24.3 Å². The molecule has 1 heterocycles. The van der Waals surface area contributed by atoms with Crippen molar-refractivity contribution in [2.45, 2.75) is 6.61 Å². The molecule has 28 heavy (non-hydrogen) atoms. The molecule has 6 nitrogen and oxygen atoms in total. The number of rotatable bonds is 6. The highest BCUT2D eigenvalue weighted by molar-refractivity contribution is 8.18. The molecule has 1 fully saturated rings. The molecular weight excluding hydrogens is 423 g/mol. The van der Waals surface area contributed by atoms with Gasteiger partial charge in [-0.05, 0) is 41.6 Å². The lowest BCUT2D eigenvalue weighted by atomic mass is 10.2. The van der Waals surface area contributed by atoms with Gasteiger partial charge in [0.05, 0.1) is 9.93 Å². The van der Waals surface area contributed by atoms with Crippen LogP contribution in [-0.2, 0) is 16.2 Å². The van der Waals surface area contributed by atoms with E-state index in [4.69, 9.17) is 33.7 Å². The maximum Gasteiger partial charge on any atom is 0.294 e. The van der Waals surface area contributed by atoms with Crippen molar-refractivity contribution < 1.29 is 19.1 Å². The van der Waals surface area contributed by atoms with Gasteiger partial charge in [0.25, 0.3) is 11.1 Å². The van der Waals surface area contributed by atoms with E-state index in [2.05, 4.69) is 0 Å². The fourth-order valence-corrected chi connectivity index (χ4v) is 3.71. The van der Waals surface area contributed by atoms with Crippen molar-refractivity contribution in [1.29, 1.82) is 0 Å². The van der Waals surface area contributed by atoms with Gasteiger partial charge in [0.2, 0.25) is 5.91 Å². The Hall–Kier alpha value is -2.48. The number of imide groups is 1. The van der Waals surface area contributed by atoms with E-state index in [1.165, 1.54) is 6.08 Å². The highest BCUT2D eigenvalue weighted by atomic mass is 35.5. The van der Waals surface area contributed by atoms with Gasteiger partial charge in [0.15, 0.2) is 0 Å². The second kappa shape index (κ2) is 8.68. The zero-order chi connectivity index (χ0) is 20.3.